The highest BCUT2D eigenvalue weighted by atomic mass is 31.2. The maximum Gasteiger partial charge on any atom is 0.306 e. The van der Waals surface area contributed by atoms with Crippen molar-refractivity contribution in [2.75, 3.05) is 47.5 Å². The molecule has 0 amide bonds. The van der Waals surface area contributed by atoms with Gasteiger partial charge in [-0.2, -0.15) is 0 Å². The Hall–Kier alpha value is -3.33. The second-order valence-corrected chi connectivity index (χ2v) is 27.7. The van der Waals surface area contributed by atoms with Crippen LogP contribution in [0.1, 0.15) is 335 Å². The van der Waals surface area contributed by atoms with Gasteiger partial charge in [-0.05, 0) is 103 Å². The molecule has 9 nitrogen and oxygen atoms in total. The third-order valence-corrected chi connectivity index (χ3v) is 17.2. The fourth-order valence-electron chi connectivity index (χ4n) is 10.6. The van der Waals surface area contributed by atoms with Crippen molar-refractivity contribution in [1.82, 2.24) is 0 Å². The second kappa shape index (κ2) is 70.0. The van der Waals surface area contributed by atoms with Crippen LogP contribution in [0.5, 0.6) is 0 Å². The molecule has 0 saturated carbocycles. The monoisotopic (exact) mass is 1280 g/mol. The molecule has 0 rings (SSSR count). The number of unbranched alkanes of at least 4 members (excludes halogenated alkanes) is 37. The number of carbonyl (C=O) groups excluding carboxylic acids is 2. The number of likely N-dealkylation sites (N-methyl/N-ethyl adjacent to an activating group) is 1. The Morgan fingerprint density at radius 2 is 0.633 bits per heavy atom. The van der Waals surface area contributed by atoms with Gasteiger partial charge in [0.15, 0.2) is 6.10 Å². The van der Waals surface area contributed by atoms with Crippen LogP contribution in [-0.2, 0) is 32.7 Å². The van der Waals surface area contributed by atoms with Gasteiger partial charge in [0.25, 0.3) is 7.82 Å². The molecule has 0 aromatic rings. The lowest BCUT2D eigenvalue weighted by atomic mass is 10.0. The van der Waals surface area contributed by atoms with E-state index in [1.165, 1.54) is 212 Å². The summed E-state index contributed by atoms with van der Waals surface area (Å²) in [7, 11) is 1.17. The number of allylic oxidation sites excluding steroid dienone is 18. The van der Waals surface area contributed by atoms with Crippen molar-refractivity contribution < 1.29 is 42.1 Å². The summed E-state index contributed by atoms with van der Waals surface area (Å²) in [6, 6.07) is 0. The average Bonchev–Trinajstić information content (AvgIpc) is 3.61. The lowest BCUT2D eigenvalue weighted by Gasteiger charge is -2.28. The van der Waals surface area contributed by atoms with Crippen LogP contribution in [0.3, 0.4) is 0 Å². The number of carbonyl (C=O) groups is 2. The van der Waals surface area contributed by atoms with Crippen molar-refractivity contribution >= 4 is 19.8 Å². The fourth-order valence-corrected chi connectivity index (χ4v) is 11.3. The van der Waals surface area contributed by atoms with E-state index in [0.29, 0.717) is 17.4 Å². The maximum absolute atomic E-state index is 12.9. The minimum absolute atomic E-state index is 0.0329. The van der Waals surface area contributed by atoms with Crippen molar-refractivity contribution in [3.05, 3.63) is 109 Å². The Balaban J connectivity index is 4.01. The van der Waals surface area contributed by atoms with Gasteiger partial charge in [-0.25, -0.2) is 0 Å². The van der Waals surface area contributed by atoms with E-state index >= 15 is 0 Å². The molecule has 0 heterocycles. The van der Waals surface area contributed by atoms with Crippen LogP contribution in [0.25, 0.3) is 0 Å². The molecule has 0 radical (unpaired) electrons. The standard InChI is InChI=1S/C80H142NO8P/c1-6-8-10-12-14-16-18-20-22-24-26-28-30-32-34-36-38-39-40-41-43-45-47-49-51-53-55-57-59-61-63-65-67-69-71-73-80(83)89-78(77-88-90(84,85)87-75-74-81(3,4)5)76-86-79(82)72-70-68-66-64-62-60-58-56-54-52-50-48-46-44-42-37-35-33-31-29-27-25-23-21-19-17-15-13-11-9-7-2/h8,10,14,16,19-22,25-28,31-34,38-39,78H,6-7,9,11-13,15,17-18,23-24,29-30,35-37,40-77H2,1-5H3/b10-8-,16-14-,21-19-,22-20-,27-25-,28-26-,33-31-,34-32-,39-38-. The molecular weight excluding hydrogens is 1130 g/mol. The SMILES string of the molecule is CC/C=C\C/C=C\C/C=C\C/C=C\C/C=C\C/C=C\CCCCCCCCCCCCCCCCCCC(=O)OC(COC(=O)CCCCCCCCCCCCCCCCCC/C=C\C/C=C\C/C=C\CCCCCCC)COP(=O)([O-])OCC[N+](C)(C)C. The molecule has 2 atom stereocenters. The minimum atomic E-state index is -4.65. The normalized spacial score (nSPS) is 13.7. The largest absolute Gasteiger partial charge is 0.756 e. The molecule has 0 aliphatic heterocycles. The van der Waals surface area contributed by atoms with Gasteiger partial charge in [-0.3, -0.25) is 14.2 Å². The first-order chi connectivity index (χ1) is 44.0. The zero-order valence-electron chi connectivity index (χ0n) is 59.3. The Kier molecular flexibility index (Phi) is 67.4. The first-order valence-electron chi connectivity index (χ1n) is 37.6. The molecule has 520 valence electrons. The number of phosphoric acid groups is 1. The van der Waals surface area contributed by atoms with Crippen LogP contribution in [0.4, 0.5) is 0 Å². The van der Waals surface area contributed by atoms with Gasteiger partial charge >= 0.3 is 11.9 Å². The Labute approximate surface area is 556 Å². The number of phosphoric ester groups is 1. The summed E-state index contributed by atoms with van der Waals surface area (Å²) in [6.45, 7) is 4.15. The highest BCUT2D eigenvalue weighted by Crippen LogP contribution is 2.38. The number of esters is 2. The third-order valence-electron chi connectivity index (χ3n) is 16.3. The lowest BCUT2D eigenvalue weighted by Crippen LogP contribution is -2.37. The van der Waals surface area contributed by atoms with Gasteiger partial charge < -0.3 is 27.9 Å². The molecule has 90 heavy (non-hydrogen) atoms. The van der Waals surface area contributed by atoms with Crippen LogP contribution >= 0.6 is 7.82 Å². The quantitative estimate of drug-likeness (QED) is 0.0195. The third kappa shape index (κ3) is 73.7. The summed E-state index contributed by atoms with van der Waals surface area (Å²) >= 11 is 0. The van der Waals surface area contributed by atoms with Crippen molar-refractivity contribution in [2.45, 2.75) is 341 Å². The predicted octanol–water partition coefficient (Wildman–Crippen LogP) is 24.2. The number of quaternary nitrogens is 1. The number of hydrogen-bond acceptors (Lipinski definition) is 8. The smallest absolute Gasteiger partial charge is 0.306 e. The van der Waals surface area contributed by atoms with Crippen LogP contribution in [-0.4, -0.2) is 70.0 Å². The zero-order chi connectivity index (χ0) is 65.5. The summed E-state index contributed by atoms with van der Waals surface area (Å²) in [5.41, 5.74) is 0. The summed E-state index contributed by atoms with van der Waals surface area (Å²) in [5, 5.41) is 0. The average molecular weight is 1280 g/mol. The summed E-state index contributed by atoms with van der Waals surface area (Å²) in [4.78, 5) is 38.1. The molecule has 2 unspecified atom stereocenters. The zero-order valence-corrected chi connectivity index (χ0v) is 60.2. The molecule has 0 aromatic heterocycles. The first kappa shape index (κ1) is 86.7. The molecule has 10 heteroatoms. The molecule has 0 spiro atoms. The lowest BCUT2D eigenvalue weighted by molar-refractivity contribution is -0.870. The highest BCUT2D eigenvalue weighted by Gasteiger charge is 2.22. The number of hydrogen-bond donors (Lipinski definition) is 0. The van der Waals surface area contributed by atoms with Crippen molar-refractivity contribution in [1.29, 1.82) is 0 Å². The molecule has 0 aliphatic rings. The predicted molar refractivity (Wildman–Crippen MR) is 388 cm³/mol. The molecule has 0 bridgehead atoms. The summed E-state index contributed by atoms with van der Waals surface area (Å²) in [5.74, 6) is -0.824. The molecule has 0 N–H and O–H groups in total. The molecule has 0 aliphatic carbocycles. The molecule has 0 saturated heterocycles. The molecular formula is C80H142NO8P. The van der Waals surface area contributed by atoms with Gasteiger partial charge in [-0.1, -0.05) is 329 Å². The maximum atomic E-state index is 12.9. The Morgan fingerprint density at radius 3 is 0.944 bits per heavy atom. The number of nitrogens with zero attached hydrogens (tertiary/aromatic N) is 1. The Bertz CT molecular complexity index is 1890. The van der Waals surface area contributed by atoms with Crippen molar-refractivity contribution in [3.8, 4) is 0 Å². The van der Waals surface area contributed by atoms with Gasteiger partial charge in [0, 0.05) is 12.8 Å². The number of rotatable bonds is 69. The topological polar surface area (TPSA) is 111 Å². The van der Waals surface area contributed by atoms with E-state index in [2.05, 4.69) is 123 Å². The number of ether oxygens (including phenoxy) is 2. The van der Waals surface area contributed by atoms with E-state index in [-0.39, 0.29) is 32.0 Å². The van der Waals surface area contributed by atoms with Gasteiger partial charge in [0.2, 0.25) is 0 Å². The van der Waals surface area contributed by atoms with Crippen LogP contribution < -0.4 is 4.89 Å². The van der Waals surface area contributed by atoms with E-state index in [1.54, 1.807) is 0 Å². The van der Waals surface area contributed by atoms with Gasteiger partial charge in [0.05, 0.1) is 27.7 Å². The first-order valence-corrected chi connectivity index (χ1v) is 39.1. The van der Waals surface area contributed by atoms with Crippen LogP contribution in [0.15, 0.2) is 109 Å². The molecule has 0 fully saturated rings. The van der Waals surface area contributed by atoms with E-state index in [0.717, 1.165) is 89.9 Å². The minimum Gasteiger partial charge on any atom is -0.756 e. The van der Waals surface area contributed by atoms with E-state index in [9.17, 15) is 19.0 Å². The van der Waals surface area contributed by atoms with Crippen molar-refractivity contribution in [3.63, 3.8) is 0 Å². The fraction of sp³-hybridized carbons (Fsp3) is 0.750. The summed E-state index contributed by atoms with van der Waals surface area (Å²) < 4.78 is 34.4. The van der Waals surface area contributed by atoms with E-state index < -0.39 is 26.5 Å². The van der Waals surface area contributed by atoms with Crippen LogP contribution in [0.2, 0.25) is 0 Å². The van der Waals surface area contributed by atoms with Gasteiger partial charge in [-0.15, -0.1) is 0 Å². The van der Waals surface area contributed by atoms with E-state index in [1.807, 2.05) is 21.1 Å². The molecule has 0 aromatic carbocycles. The second-order valence-electron chi connectivity index (χ2n) is 26.3. The van der Waals surface area contributed by atoms with Gasteiger partial charge in [0.1, 0.15) is 19.8 Å². The van der Waals surface area contributed by atoms with E-state index in [4.69, 9.17) is 18.5 Å². The van der Waals surface area contributed by atoms with Crippen LogP contribution in [0, 0.1) is 0 Å². The summed E-state index contributed by atoms with van der Waals surface area (Å²) in [6.07, 6.45) is 99.0. The Morgan fingerprint density at radius 1 is 0.356 bits per heavy atom. The van der Waals surface area contributed by atoms with Crippen molar-refractivity contribution in [2.24, 2.45) is 0 Å². The highest BCUT2D eigenvalue weighted by molar-refractivity contribution is 7.45.